The molecule has 0 amide bonds. The molecule has 0 aromatic carbocycles. The van der Waals surface area contributed by atoms with Crippen molar-refractivity contribution in [3.8, 4) is 0 Å². The standard InChI is InChI=1S/C7H6F4O4/c8-6(9)2-5(4(14)15,1-3(12)13)7(6,10)11/h1-2H2,(H,12,13)(H,14,15)/p-2/t5-/m0/s1. The molecule has 0 unspecified atom stereocenters. The Bertz CT molecular complexity index is 327. The van der Waals surface area contributed by atoms with Crippen LogP contribution in [0.15, 0.2) is 0 Å². The average Bonchev–Trinajstić information content (AvgIpc) is 2.00. The number of hydrogen-bond acceptors (Lipinski definition) is 4. The SMILES string of the molecule is O=C([O-])C[C@@]1(C(=O)[O-])CC(F)(F)C1(F)F. The van der Waals surface area contributed by atoms with Gasteiger partial charge >= 0.3 is 11.8 Å². The van der Waals surface area contributed by atoms with Gasteiger partial charge in [0.2, 0.25) is 0 Å². The van der Waals surface area contributed by atoms with E-state index in [0.717, 1.165) is 0 Å². The average molecular weight is 228 g/mol. The lowest BCUT2D eigenvalue weighted by atomic mass is 9.60. The molecule has 15 heavy (non-hydrogen) atoms. The highest BCUT2D eigenvalue weighted by Gasteiger charge is 2.80. The normalized spacial score (nSPS) is 31.7. The number of halogens is 4. The van der Waals surface area contributed by atoms with Gasteiger partial charge in [-0.05, 0) is 0 Å². The Hall–Kier alpha value is -1.34. The molecule has 0 radical (unpaired) electrons. The van der Waals surface area contributed by atoms with Crippen molar-refractivity contribution in [3.63, 3.8) is 0 Å². The lowest BCUT2D eigenvalue weighted by Crippen LogP contribution is -2.73. The summed E-state index contributed by atoms with van der Waals surface area (Å²) < 4.78 is 50.3. The van der Waals surface area contributed by atoms with Gasteiger partial charge in [-0.2, -0.15) is 17.6 Å². The summed E-state index contributed by atoms with van der Waals surface area (Å²) in [5.74, 6) is -14.1. The van der Waals surface area contributed by atoms with E-state index in [1.54, 1.807) is 0 Å². The number of hydrogen-bond donors (Lipinski definition) is 0. The van der Waals surface area contributed by atoms with Gasteiger partial charge in [-0.25, -0.2) is 0 Å². The van der Waals surface area contributed by atoms with Gasteiger partial charge < -0.3 is 19.8 Å². The fourth-order valence-electron chi connectivity index (χ4n) is 1.54. The van der Waals surface area contributed by atoms with Crippen molar-refractivity contribution in [2.45, 2.75) is 24.7 Å². The van der Waals surface area contributed by atoms with Crippen molar-refractivity contribution in [2.75, 3.05) is 0 Å². The van der Waals surface area contributed by atoms with Crippen LogP contribution in [0.5, 0.6) is 0 Å². The van der Waals surface area contributed by atoms with E-state index in [-0.39, 0.29) is 0 Å². The molecule has 0 bridgehead atoms. The van der Waals surface area contributed by atoms with Crippen LogP contribution in [0.2, 0.25) is 0 Å². The summed E-state index contributed by atoms with van der Waals surface area (Å²) in [5.41, 5.74) is -3.37. The second-order valence-electron chi connectivity index (χ2n) is 3.37. The minimum atomic E-state index is -4.93. The smallest absolute Gasteiger partial charge is 0.321 e. The van der Waals surface area contributed by atoms with Gasteiger partial charge in [0.1, 0.15) is 0 Å². The highest BCUT2D eigenvalue weighted by molar-refractivity contribution is 5.82. The molecule has 1 atom stereocenters. The number of carbonyl (C=O) groups is 2. The van der Waals surface area contributed by atoms with Crippen molar-refractivity contribution in [1.29, 1.82) is 0 Å². The molecule has 0 aromatic rings. The third kappa shape index (κ3) is 1.27. The highest BCUT2D eigenvalue weighted by Crippen LogP contribution is 2.64. The Balaban J connectivity index is 3.08. The fraction of sp³-hybridized carbons (Fsp3) is 0.714. The summed E-state index contributed by atoms with van der Waals surface area (Å²) in [7, 11) is 0. The van der Waals surface area contributed by atoms with E-state index in [1.165, 1.54) is 0 Å². The van der Waals surface area contributed by atoms with E-state index in [9.17, 15) is 37.4 Å². The number of carbonyl (C=O) groups excluding carboxylic acids is 2. The van der Waals surface area contributed by atoms with Gasteiger partial charge in [-0.3, -0.25) is 0 Å². The lowest BCUT2D eigenvalue weighted by molar-refractivity contribution is -0.399. The number of carboxylic acid groups (broad SMARTS) is 2. The molecule has 4 nitrogen and oxygen atoms in total. The molecule has 1 fully saturated rings. The van der Waals surface area contributed by atoms with Gasteiger partial charge in [0.25, 0.3) is 0 Å². The van der Waals surface area contributed by atoms with Crippen LogP contribution in [-0.4, -0.2) is 23.8 Å². The van der Waals surface area contributed by atoms with E-state index in [0.29, 0.717) is 0 Å². The van der Waals surface area contributed by atoms with Crippen LogP contribution >= 0.6 is 0 Å². The van der Waals surface area contributed by atoms with E-state index in [2.05, 4.69) is 0 Å². The summed E-state index contributed by atoms with van der Waals surface area (Å²) >= 11 is 0. The largest absolute Gasteiger partial charge is 0.550 e. The molecule has 8 heteroatoms. The summed E-state index contributed by atoms with van der Waals surface area (Å²) in [5, 5.41) is 20.4. The minimum absolute atomic E-state index is 1.70. The minimum Gasteiger partial charge on any atom is -0.550 e. The van der Waals surface area contributed by atoms with Gasteiger partial charge in [0.05, 0.1) is 11.4 Å². The van der Waals surface area contributed by atoms with Gasteiger partial charge in [0, 0.05) is 18.8 Å². The maximum Gasteiger partial charge on any atom is 0.321 e. The van der Waals surface area contributed by atoms with Crippen molar-refractivity contribution in [2.24, 2.45) is 5.41 Å². The number of rotatable bonds is 3. The van der Waals surface area contributed by atoms with Crippen molar-refractivity contribution >= 4 is 11.9 Å². The van der Waals surface area contributed by atoms with Gasteiger partial charge in [-0.1, -0.05) is 0 Å². The van der Waals surface area contributed by atoms with Crippen LogP contribution in [0.1, 0.15) is 12.8 Å². The summed E-state index contributed by atoms with van der Waals surface area (Å²) in [6.07, 6.45) is -3.46. The zero-order valence-electron chi connectivity index (χ0n) is 7.06. The van der Waals surface area contributed by atoms with E-state index < -0.39 is 42.0 Å². The molecule has 0 saturated heterocycles. The van der Waals surface area contributed by atoms with Crippen LogP contribution in [0, 0.1) is 5.41 Å². The first-order chi connectivity index (χ1) is 6.57. The predicted molar refractivity (Wildman–Crippen MR) is 31.6 cm³/mol. The molecule has 86 valence electrons. The first-order valence-corrected chi connectivity index (χ1v) is 3.74. The molecule has 0 N–H and O–H groups in total. The van der Waals surface area contributed by atoms with Crippen molar-refractivity contribution in [1.82, 2.24) is 0 Å². The van der Waals surface area contributed by atoms with E-state index in [1.807, 2.05) is 0 Å². The summed E-state index contributed by atoms with van der Waals surface area (Å²) in [6.45, 7) is 0. The molecule has 1 aliphatic rings. The zero-order chi connectivity index (χ0) is 12.1. The Labute approximate surface area is 80.5 Å². The maximum absolute atomic E-state index is 12.8. The van der Waals surface area contributed by atoms with Crippen LogP contribution < -0.4 is 10.2 Å². The summed E-state index contributed by atoms with van der Waals surface area (Å²) in [6, 6.07) is 0. The topological polar surface area (TPSA) is 80.3 Å². The Morgan fingerprint density at radius 3 is 1.80 bits per heavy atom. The van der Waals surface area contributed by atoms with Gasteiger partial charge in [0.15, 0.2) is 0 Å². The highest BCUT2D eigenvalue weighted by atomic mass is 19.3. The second kappa shape index (κ2) is 2.83. The third-order valence-corrected chi connectivity index (χ3v) is 2.42. The Morgan fingerprint density at radius 2 is 1.60 bits per heavy atom. The lowest BCUT2D eigenvalue weighted by Gasteiger charge is -2.54. The first kappa shape index (κ1) is 11.7. The molecule has 0 spiro atoms. The molecule has 1 aliphatic carbocycles. The van der Waals surface area contributed by atoms with Crippen LogP contribution in [0.4, 0.5) is 17.6 Å². The number of carboxylic acids is 2. The Morgan fingerprint density at radius 1 is 1.13 bits per heavy atom. The molecule has 0 heterocycles. The zero-order valence-corrected chi connectivity index (χ0v) is 7.06. The molecule has 0 aromatic heterocycles. The maximum atomic E-state index is 12.8. The fourth-order valence-corrected chi connectivity index (χ4v) is 1.54. The van der Waals surface area contributed by atoms with Crippen LogP contribution in [-0.2, 0) is 9.59 Å². The van der Waals surface area contributed by atoms with Crippen molar-refractivity contribution in [3.05, 3.63) is 0 Å². The number of alkyl halides is 4. The quantitative estimate of drug-likeness (QED) is 0.553. The monoisotopic (exact) mass is 228 g/mol. The molecule has 0 aliphatic heterocycles. The second-order valence-corrected chi connectivity index (χ2v) is 3.37. The molecular formula is C7H4F4O4-2. The van der Waals surface area contributed by atoms with Crippen LogP contribution in [0.3, 0.4) is 0 Å². The molecule has 1 saturated carbocycles. The number of aliphatic carboxylic acids is 2. The predicted octanol–water partition coefficient (Wildman–Crippen LogP) is -1.46. The van der Waals surface area contributed by atoms with Gasteiger partial charge in [-0.15, -0.1) is 0 Å². The molecule has 1 rings (SSSR count). The molecular weight excluding hydrogens is 224 g/mol. The third-order valence-electron chi connectivity index (χ3n) is 2.42. The van der Waals surface area contributed by atoms with E-state index in [4.69, 9.17) is 0 Å². The summed E-state index contributed by atoms with van der Waals surface area (Å²) in [4.78, 5) is 20.4. The Kier molecular flexibility index (Phi) is 2.21. The first-order valence-electron chi connectivity index (χ1n) is 3.74. The van der Waals surface area contributed by atoms with Crippen molar-refractivity contribution < 1.29 is 37.4 Å². The van der Waals surface area contributed by atoms with Crippen LogP contribution in [0.25, 0.3) is 0 Å². The van der Waals surface area contributed by atoms with E-state index >= 15 is 0 Å².